The van der Waals surface area contributed by atoms with Gasteiger partial charge < -0.3 is 14.8 Å². The lowest BCUT2D eigenvalue weighted by molar-refractivity contribution is -0.123. The van der Waals surface area contributed by atoms with Gasteiger partial charge in [-0.25, -0.2) is 0 Å². The molecule has 6 heteroatoms. The predicted molar refractivity (Wildman–Crippen MR) is 116 cm³/mol. The van der Waals surface area contributed by atoms with E-state index in [-0.39, 0.29) is 18.6 Å². The number of benzene rings is 2. The smallest absolute Gasteiger partial charge is 0.258 e. The summed E-state index contributed by atoms with van der Waals surface area (Å²) in [6.45, 7) is 7.96. The highest BCUT2D eigenvalue weighted by atomic mass is 35.5. The van der Waals surface area contributed by atoms with E-state index in [1.54, 1.807) is 12.1 Å². The largest absolute Gasteiger partial charge is 0.482 e. The third kappa shape index (κ3) is 6.20. The number of morpholine rings is 1. The van der Waals surface area contributed by atoms with E-state index in [9.17, 15) is 4.79 Å². The number of halogens is 1. The van der Waals surface area contributed by atoms with E-state index in [0.717, 1.165) is 13.1 Å². The molecule has 2 aromatic carbocycles. The second kappa shape index (κ2) is 10.6. The molecule has 3 rings (SSSR count). The van der Waals surface area contributed by atoms with Crippen LogP contribution in [-0.4, -0.2) is 50.3 Å². The van der Waals surface area contributed by atoms with Gasteiger partial charge in [-0.05, 0) is 29.2 Å². The molecule has 1 saturated heterocycles. The Hall–Kier alpha value is -2.08. The van der Waals surface area contributed by atoms with E-state index < -0.39 is 0 Å². The van der Waals surface area contributed by atoms with Crippen molar-refractivity contribution in [2.75, 3.05) is 39.5 Å². The Bertz CT molecular complexity index is 789. The topological polar surface area (TPSA) is 50.8 Å². The Kier molecular flexibility index (Phi) is 7.92. The average molecular weight is 417 g/mol. The number of para-hydroxylation sites is 1. The van der Waals surface area contributed by atoms with Gasteiger partial charge >= 0.3 is 0 Å². The summed E-state index contributed by atoms with van der Waals surface area (Å²) < 4.78 is 11.0. The van der Waals surface area contributed by atoms with E-state index in [2.05, 4.69) is 48.3 Å². The minimum absolute atomic E-state index is 0.0636. The van der Waals surface area contributed by atoms with E-state index in [4.69, 9.17) is 21.1 Å². The minimum atomic E-state index is -0.165. The Balaban J connectivity index is 1.62. The first-order chi connectivity index (χ1) is 14.0. The van der Waals surface area contributed by atoms with Crippen molar-refractivity contribution in [1.82, 2.24) is 10.2 Å². The SMILES string of the molecule is CC(C)c1ccc([C@@H](CNC(=O)COc2ccccc2Cl)N2CCOCC2)cc1. The van der Waals surface area contributed by atoms with E-state index in [1.807, 2.05) is 12.1 Å². The van der Waals surface area contributed by atoms with Crippen LogP contribution in [0.3, 0.4) is 0 Å². The molecule has 0 saturated carbocycles. The van der Waals surface area contributed by atoms with Crippen molar-refractivity contribution in [1.29, 1.82) is 0 Å². The van der Waals surface area contributed by atoms with Crippen LogP contribution in [0.25, 0.3) is 0 Å². The third-order valence-electron chi connectivity index (χ3n) is 5.16. The van der Waals surface area contributed by atoms with Crippen LogP contribution in [0.4, 0.5) is 0 Å². The van der Waals surface area contributed by atoms with Crippen molar-refractivity contribution in [2.24, 2.45) is 0 Å². The number of nitrogens with zero attached hydrogens (tertiary/aromatic N) is 1. The number of rotatable bonds is 8. The highest BCUT2D eigenvalue weighted by Crippen LogP contribution is 2.25. The number of carbonyl (C=O) groups excluding carboxylic acids is 1. The van der Waals surface area contributed by atoms with E-state index in [0.29, 0.717) is 36.4 Å². The van der Waals surface area contributed by atoms with Gasteiger partial charge in [0.05, 0.1) is 24.3 Å². The first kappa shape index (κ1) is 21.6. The van der Waals surface area contributed by atoms with Gasteiger partial charge in [-0.15, -0.1) is 0 Å². The maximum absolute atomic E-state index is 12.4. The van der Waals surface area contributed by atoms with Crippen LogP contribution < -0.4 is 10.1 Å². The Morgan fingerprint density at radius 1 is 1.10 bits per heavy atom. The highest BCUT2D eigenvalue weighted by molar-refractivity contribution is 6.32. The van der Waals surface area contributed by atoms with E-state index in [1.165, 1.54) is 11.1 Å². The van der Waals surface area contributed by atoms with Gasteiger partial charge in [0.25, 0.3) is 5.91 Å². The van der Waals surface area contributed by atoms with Gasteiger partial charge in [0.15, 0.2) is 6.61 Å². The molecule has 1 heterocycles. The lowest BCUT2D eigenvalue weighted by Crippen LogP contribution is -2.44. The highest BCUT2D eigenvalue weighted by Gasteiger charge is 2.23. The third-order valence-corrected chi connectivity index (χ3v) is 5.47. The molecule has 0 unspecified atom stereocenters. The molecule has 0 aliphatic carbocycles. The molecule has 0 aromatic heterocycles. The molecule has 1 aliphatic rings. The molecule has 5 nitrogen and oxygen atoms in total. The zero-order valence-corrected chi connectivity index (χ0v) is 17.8. The molecule has 0 radical (unpaired) electrons. The summed E-state index contributed by atoms with van der Waals surface area (Å²) in [4.78, 5) is 14.7. The molecule has 0 spiro atoms. The predicted octanol–water partition coefficient (Wildman–Crippen LogP) is 4.03. The van der Waals surface area contributed by atoms with Crippen molar-refractivity contribution < 1.29 is 14.3 Å². The van der Waals surface area contributed by atoms with Gasteiger partial charge in [-0.1, -0.05) is 61.8 Å². The first-order valence-electron chi connectivity index (χ1n) is 10.1. The Labute approximate surface area is 177 Å². The molecule has 2 aromatic rings. The molecule has 1 aliphatic heterocycles. The second-order valence-corrected chi connectivity index (χ2v) is 7.92. The fourth-order valence-electron chi connectivity index (χ4n) is 3.42. The Morgan fingerprint density at radius 3 is 2.41 bits per heavy atom. The maximum Gasteiger partial charge on any atom is 0.258 e. The van der Waals surface area contributed by atoms with Crippen LogP contribution >= 0.6 is 11.6 Å². The summed E-state index contributed by atoms with van der Waals surface area (Å²) in [6, 6.07) is 15.9. The van der Waals surface area contributed by atoms with Crippen molar-refractivity contribution in [3.63, 3.8) is 0 Å². The number of nitrogens with one attached hydrogen (secondary N) is 1. The molecule has 1 N–H and O–H groups in total. The summed E-state index contributed by atoms with van der Waals surface area (Å²) in [5.74, 6) is 0.841. The Morgan fingerprint density at radius 2 is 1.76 bits per heavy atom. The summed E-state index contributed by atoms with van der Waals surface area (Å²) in [5.41, 5.74) is 2.51. The van der Waals surface area contributed by atoms with Crippen LogP contribution in [0, 0.1) is 0 Å². The number of carbonyl (C=O) groups is 1. The van der Waals surface area contributed by atoms with Gasteiger partial charge in [-0.2, -0.15) is 0 Å². The first-order valence-corrected chi connectivity index (χ1v) is 10.5. The lowest BCUT2D eigenvalue weighted by Gasteiger charge is -2.35. The van der Waals surface area contributed by atoms with Gasteiger partial charge in [0, 0.05) is 19.6 Å². The molecule has 0 bridgehead atoms. The summed E-state index contributed by atoms with van der Waals surface area (Å²) in [5, 5.41) is 3.51. The maximum atomic E-state index is 12.4. The number of amides is 1. The molecule has 1 amide bonds. The fraction of sp³-hybridized carbons (Fsp3) is 0.435. The second-order valence-electron chi connectivity index (χ2n) is 7.51. The standard InChI is InChI=1S/C23H29ClN2O3/c1-17(2)18-7-9-19(10-8-18)21(26-11-13-28-14-12-26)15-25-23(27)16-29-22-6-4-3-5-20(22)24/h3-10,17,21H,11-16H2,1-2H3,(H,25,27)/t21-/m1/s1. The summed E-state index contributed by atoms with van der Waals surface area (Å²) >= 11 is 6.08. The summed E-state index contributed by atoms with van der Waals surface area (Å²) in [6.07, 6.45) is 0. The van der Waals surface area contributed by atoms with Crippen molar-refractivity contribution in [3.8, 4) is 5.75 Å². The molecular weight excluding hydrogens is 388 g/mol. The monoisotopic (exact) mass is 416 g/mol. The zero-order chi connectivity index (χ0) is 20.6. The molecular formula is C23H29ClN2O3. The van der Waals surface area contributed by atoms with E-state index >= 15 is 0 Å². The summed E-state index contributed by atoms with van der Waals surface area (Å²) in [7, 11) is 0. The van der Waals surface area contributed by atoms with Gasteiger partial charge in [-0.3, -0.25) is 9.69 Å². The minimum Gasteiger partial charge on any atom is -0.482 e. The molecule has 29 heavy (non-hydrogen) atoms. The van der Waals surface area contributed by atoms with Crippen LogP contribution in [0.1, 0.15) is 36.9 Å². The molecule has 1 fully saturated rings. The van der Waals surface area contributed by atoms with Crippen molar-refractivity contribution in [3.05, 3.63) is 64.7 Å². The molecule has 1 atom stereocenters. The van der Waals surface area contributed by atoms with Crippen LogP contribution in [0.15, 0.2) is 48.5 Å². The van der Waals surface area contributed by atoms with Crippen LogP contribution in [0.5, 0.6) is 5.75 Å². The number of hydrogen-bond acceptors (Lipinski definition) is 4. The van der Waals surface area contributed by atoms with Crippen LogP contribution in [0.2, 0.25) is 5.02 Å². The molecule has 156 valence electrons. The average Bonchev–Trinajstić information content (AvgIpc) is 2.74. The quantitative estimate of drug-likeness (QED) is 0.705. The number of ether oxygens (including phenoxy) is 2. The van der Waals surface area contributed by atoms with Gasteiger partial charge in [0.1, 0.15) is 5.75 Å². The number of hydrogen-bond donors (Lipinski definition) is 1. The lowest BCUT2D eigenvalue weighted by atomic mass is 9.98. The van der Waals surface area contributed by atoms with Crippen molar-refractivity contribution in [2.45, 2.75) is 25.8 Å². The normalized spacial score (nSPS) is 15.9. The zero-order valence-electron chi connectivity index (χ0n) is 17.1. The fourth-order valence-corrected chi connectivity index (χ4v) is 3.61. The van der Waals surface area contributed by atoms with Gasteiger partial charge in [0.2, 0.25) is 0 Å². The van der Waals surface area contributed by atoms with Crippen molar-refractivity contribution >= 4 is 17.5 Å². The van der Waals surface area contributed by atoms with Crippen LogP contribution in [-0.2, 0) is 9.53 Å².